The van der Waals surface area contributed by atoms with Crippen molar-refractivity contribution in [1.29, 1.82) is 0 Å². The summed E-state index contributed by atoms with van der Waals surface area (Å²) in [7, 11) is 0. The zero-order valence-corrected chi connectivity index (χ0v) is 12.5. The molecule has 0 spiro atoms. The molecule has 1 fully saturated rings. The van der Waals surface area contributed by atoms with Gasteiger partial charge in [0.2, 0.25) is 0 Å². The van der Waals surface area contributed by atoms with Crippen LogP contribution in [0.15, 0.2) is 22.1 Å². The van der Waals surface area contributed by atoms with Gasteiger partial charge in [-0.25, -0.2) is 4.98 Å². The molecule has 0 amide bonds. The van der Waals surface area contributed by atoms with E-state index in [0.717, 1.165) is 28.3 Å². The van der Waals surface area contributed by atoms with E-state index in [-0.39, 0.29) is 0 Å². The van der Waals surface area contributed by atoms with Crippen LogP contribution in [-0.2, 0) is 6.42 Å². The second-order valence-electron chi connectivity index (χ2n) is 4.70. The number of piperidine rings is 1. The molecule has 0 aromatic carbocycles. The van der Waals surface area contributed by atoms with E-state index in [4.69, 9.17) is 0 Å². The second-order valence-corrected chi connectivity index (χ2v) is 7.16. The minimum absolute atomic E-state index is 0.591. The summed E-state index contributed by atoms with van der Waals surface area (Å²) in [5.41, 5.74) is 1.12. The number of nitrogens with zero attached hydrogens (tertiary/aromatic N) is 1. The third-order valence-corrected chi connectivity index (χ3v) is 4.98. The Kier molecular flexibility index (Phi) is 3.82. The number of H-pyrrole nitrogens is 1. The molecule has 96 valence electrons. The summed E-state index contributed by atoms with van der Waals surface area (Å²) >= 11 is 5.22. The van der Waals surface area contributed by atoms with Gasteiger partial charge in [-0.05, 0) is 47.4 Å². The van der Waals surface area contributed by atoms with E-state index >= 15 is 0 Å². The van der Waals surface area contributed by atoms with Gasteiger partial charge < -0.3 is 10.3 Å². The largest absolute Gasteiger partial charge is 0.341 e. The summed E-state index contributed by atoms with van der Waals surface area (Å²) in [5, 5.41) is 3.56. The average molecular weight is 326 g/mol. The summed E-state index contributed by atoms with van der Waals surface area (Å²) in [4.78, 5) is 9.15. The van der Waals surface area contributed by atoms with Crippen molar-refractivity contribution in [1.82, 2.24) is 15.3 Å². The maximum Gasteiger partial charge on any atom is 0.108 e. The van der Waals surface area contributed by atoms with Crippen LogP contribution in [0.1, 0.15) is 25.1 Å². The van der Waals surface area contributed by atoms with Gasteiger partial charge in [-0.15, -0.1) is 11.3 Å². The lowest BCUT2D eigenvalue weighted by Gasteiger charge is -2.22. The second kappa shape index (κ2) is 5.55. The van der Waals surface area contributed by atoms with E-state index in [2.05, 4.69) is 43.3 Å². The number of aromatic nitrogens is 2. The van der Waals surface area contributed by atoms with E-state index in [1.54, 1.807) is 11.3 Å². The lowest BCUT2D eigenvalue weighted by atomic mass is 10.0. The van der Waals surface area contributed by atoms with Gasteiger partial charge in [-0.2, -0.15) is 0 Å². The van der Waals surface area contributed by atoms with Gasteiger partial charge in [0, 0.05) is 12.5 Å². The van der Waals surface area contributed by atoms with Crippen molar-refractivity contribution in [2.24, 2.45) is 0 Å². The molecule has 5 heteroatoms. The summed E-state index contributed by atoms with van der Waals surface area (Å²) in [6.07, 6.45) is 6.86. The molecule has 0 saturated carbocycles. The predicted octanol–water partition coefficient (Wildman–Crippen LogP) is 3.59. The van der Waals surface area contributed by atoms with Crippen molar-refractivity contribution in [3.63, 3.8) is 0 Å². The highest BCUT2D eigenvalue weighted by atomic mass is 79.9. The van der Waals surface area contributed by atoms with Gasteiger partial charge in [0.1, 0.15) is 5.82 Å². The van der Waals surface area contributed by atoms with Gasteiger partial charge in [0.15, 0.2) is 0 Å². The van der Waals surface area contributed by atoms with Gasteiger partial charge >= 0.3 is 0 Å². The van der Waals surface area contributed by atoms with Crippen LogP contribution in [-0.4, -0.2) is 22.6 Å². The van der Waals surface area contributed by atoms with Crippen LogP contribution in [0.5, 0.6) is 0 Å². The monoisotopic (exact) mass is 325 g/mol. The zero-order valence-electron chi connectivity index (χ0n) is 10.1. The van der Waals surface area contributed by atoms with Crippen molar-refractivity contribution in [3.8, 4) is 10.6 Å². The third kappa shape index (κ3) is 2.84. The number of aromatic amines is 1. The Hall–Kier alpha value is -0.650. The Bertz CT molecular complexity index is 514. The summed E-state index contributed by atoms with van der Waals surface area (Å²) in [6.45, 7) is 1.15. The van der Waals surface area contributed by atoms with Crippen LogP contribution >= 0.6 is 27.3 Å². The van der Waals surface area contributed by atoms with E-state index in [9.17, 15) is 0 Å². The minimum atomic E-state index is 0.591. The first kappa shape index (κ1) is 12.4. The topological polar surface area (TPSA) is 40.7 Å². The van der Waals surface area contributed by atoms with E-state index in [0.29, 0.717) is 6.04 Å². The average Bonchev–Trinajstić information content (AvgIpc) is 2.99. The molecule has 3 rings (SSSR count). The van der Waals surface area contributed by atoms with Gasteiger partial charge in [0.25, 0.3) is 0 Å². The highest BCUT2D eigenvalue weighted by molar-refractivity contribution is 9.11. The Balaban J connectivity index is 1.69. The quantitative estimate of drug-likeness (QED) is 0.905. The van der Waals surface area contributed by atoms with Crippen molar-refractivity contribution in [3.05, 3.63) is 27.9 Å². The van der Waals surface area contributed by atoms with Gasteiger partial charge in [0.05, 0.1) is 20.6 Å². The Labute approximate surface area is 119 Å². The summed E-state index contributed by atoms with van der Waals surface area (Å²) in [6, 6.07) is 4.78. The van der Waals surface area contributed by atoms with Crippen molar-refractivity contribution in [2.75, 3.05) is 6.54 Å². The molecule has 1 aliphatic heterocycles. The SMILES string of the molecule is Brc1ccc(-c2cnc(CC3CCCCN3)[nH]2)s1. The molecule has 1 atom stereocenters. The normalized spacial score (nSPS) is 20.2. The van der Waals surface area contributed by atoms with Crippen molar-refractivity contribution >= 4 is 27.3 Å². The van der Waals surface area contributed by atoms with Crippen LogP contribution in [0.2, 0.25) is 0 Å². The molecule has 0 radical (unpaired) electrons. The maximum absolute atomic E-state index is 4.49. The lowest BCUT2D eigenvalue weighted by Crippen LogP contribution is -2.35. The Morgan fingerprint density at radius 3 is 3.06 bits per heavy atom. The first-order valence-corrected chi connectivity index (χ1v) is 7.95. The third-order valence-electron chi connectivity index (χ3n) is 3.32. The number of hydrogen-bond acceptors (Lipinski definition) is 3. The molecular weight excluding hydrogens is 310 g/mol. The maximum atomic E-state index is 4.49. The molecule has 1 unspecified atom stereocenters. The molecule has 2 N–H and O–H groups in total. The van der Waals surface area contributed by atoms with E-state index in [1.165, 1.54) is 24.1 Å². The summed E-state index contributed by atoms with van der Waals surface area (Å²) < 4.78 is 1.16. The fourth-order valence-electron chi connectivity index (χ4n) is 2.38. The zero-order chi connectivity index (χ0) is 12.4. The fourth-order valence-corrected chi connectivity index (χ4v) is 3.73. The van der Waals surface area contributed by atoms with Crippen molar-refractivity contribution in [2.45, 2.75) is 31.7 Å². The molecule has 0 aliphatic carbocycles. The molecule has 1 saturated heterocycles. The predicted molar refractivity (Wildman–Crippen MR) is 78.9 cm³/mol. The molecule has 3 nitrogen and oxygen atoms in total. The van der Waals surface area contributed by atoms with Crippen molar-refractivity contribution < 1.29 is 0 Å². The number of thiophene rings is 1. The van der Waals surface area contributed by atoms with Crippen LogP contribution in [0, 0.1) is 0 Å². The lowest BCUT2D eigenvalue weighted by molar-refractivity contribution is 0.395. The number of hydrogen-bond donors (Lipinski definition) is 2. The molecule has 1 aliphatic rings. The molecular formula is C13H16BrN3S. The number of imidazole rings is 1. The highest BCUT2D eigenvalue weighted by Gasteiger charge is 2.15. The fraction of sp³-hybridized carbons (Fsp3) is 0.462. The standard InChI is InChI=1S/C13H16BrN3S/c14-12-5-4-11(18-12)10-8-16-13(17-10)7-9-3-1-2-6-15-9/h4-5,8-9,15H,1-3,6-7H2,(H,16,17). The van der Waals surface area contributed by atoms with Crippen LogP contribution in [0.4, 0.5) is 0 Å². The highest BCUT2D eigenvalue weighted by Crippen LogP contribution is 2.30. The smallest absolute Gasteiger partial charge is 0.108 e. The Morgan fingerprint density at radius 1 is 1.39 bits per heavy atom. The first-order chi connectivity index (χ1) is 8.81. The number of halogens is 1. The molecule has 2 aromatic heterocycles. The molecule has 3 heterocycles. The van der Waals surface area contributed by atoms with Gasteiger partial charge in [-0.3, -0.25) is 0 Å². The molecule has 18 heavy (non-hydrogen) atoms. The number of rotatable bonds is 3. The van der Waals surface area contributed by atoms with E-state index in [1.807, 2.05) is 6.20 Å². The van der Waals surface area contributed by atoms with Gasteiger partial charge in [-0.1, -0.05) is 6.42 Å². The Morgan fingerprint density at radius 2 is 2.33 bits per heavy atom. The summed E-state index contributed by atoms with van der Waals surface area (Å²) in [5.74, 6) is 1.09. The molecule has 0 bridgehead atoms. The van der Waals surface area contributed by atoms with Crippen LogP contribution in [0.25, 0.3) is 10.6 Å². The van der Waals surface area contributed by atoms with Crippen LogP contribution < -0.4 is 5.32 Å². The minimum Gasteiger partial charge on any atom is -0.341 e. The van der Waals surface area contributed by atoms with E-state index < -0.39 is 0 Å². The molecule has 2 aromatic rings. The van der Waals surface area contributed by atoms with Crippen LogP contribution in [0.3, 0.4) is 0 Å². The first-order valence-electron chi connectivity index (χ1n) is 6.34. The number of nitrogens with one attached hydrogen (secondary N) is 2.